The third kappa shape index (κ3) is 11.3. The average molecular weight is 669 g/mol. The number of nitrogens with two attached hydrogens (primary N) is 1. The van der Waals surface area contributed by atoms with Crippen LogP contribution >= 0.6 is 24.8 Å². The number of amides is 1. The highest BCUT2D eigenvalue weighted by molar-refractivity contribution is 7.90. The second-order valence-corrected chi connectivity index (χ2v) is 12.6. The summed E-state index contributed by atoms with van der Waals surface area (Å²) in [5.74, 6) is -0.716. The van der Waals surface area contributed by atoms with E-state index in [0.29, 0.717) is 24.5 Å². The molecule has 0 bridgehead atoms. The molecule has 0 heterocycles. The topological polar surface area (TPSA) is 151 Å². The molecule has 4 rings (SSSR count). The lowest BCUT2D eigenvalue weighted by molar-refractivity contribution is 0.0969. The SMILES string of the molecule is Cl.Cl.Nc1cccc([C@H](O)CNCCc2ccc(-c3ccc(C(=O)NS(=O)(=O)CCCO)c(OC4CCCCC4)c3)cc2)c1. The summed E-state index contributed by atoms with van der Waals surface area (Å²) < 4.78 is 33.0. The molecule has 0 radical (unpaired) electrons. The first kappa shape index (κ1) is 37.3. The van der Waals surface area contributed by atoms with Crippen LogP contribution < -0.4 is 20.5 Å². The number of aliphatic hydroxyl groups excluding tert-OH is 2. The van der Waals surface area contributed by atoms with Gasteiger partial charge in [0.2, 0.25) is 10.0 Å². The Bertz CT molecular complexity index is 1430. The third-order valence-electron chi connectivity index (χ3n) is 7.40. The van der Waals surface area contributed by atoms with Gasteiger partial charge in [-0.3, -0.25) is 4.79 Å². The molecule has 1 amide bonds. The van der Waals surface area contributed by atoms with Crippen molar-refractivity contribution in [1.29, 1.82) is 0 Å². The molecule has 3 aromatic carbocycles. The normalized spacial score (nSPS) is 14.1. The second kappa shape index (κ2) is 18.2. The van der Waals surface area contributed by atoms with E-state index in [1.165, 1.54) is 0 Å². The fourth-order valence-electron chi connectivity index (χ4n) is 5.07. The molecule has 3 aromatic rings. The number of hydrogen-bond acceptors (Lipinski definition) is 8. The molecule has 9 nitrogen and oxygen atoms in total. The Morgan fingerprint density at radius 3 is 2.36 bits per heavy atom. The van der Waals surface area contributed by atoms with E-state index >= 15 is 0 Å². The van der Waals surface area contributed by atoms with Gasteiger partial charge in [0, 0.05) is 18.8 Å². The van der Waals surface area contributed by atoms with Gasteiger partial charge in [0.25, 0.3) is 5.91 Å². The number of benzene rings is 3. The quantitative estimate of drug-likeness (QED) is 0.122. The molecular weight excluding hydrogens is 625 g/mol. The fraction of sp³-hybridized carbons (Fsp3) is 0.406. The van der Waals surface area contributed by atoms with Crippen molar-refractivity contribution in [1.82, 2.24) is 10.0 Å². The number of halogens is 2. The number of sulfonamides is 1. The van der Waals surface area contributed by atoms with Crippen molar-refractivity contribution < 1.29 is 28.2 Å². The van der Waals surface area contributed by atoms with Crippen molar-refractivity contribution in [3.63, 3.8) is 0 Å². The molecule has 6 N–H and O–H groups in total. The minimum absolute atomic E-state index is 0. The Balaban J connectivity index is 0.00000337. The molecule has 0 aliphatic heterocycles. The van der Waals surface area contributed by atoms with E-state index in [9.17, 15) is 18.3 Å². The first-order valence-electron chi connectivity index (χ1n) is 14.5. The van der Waals surface area contributed by atoms with Crippen molar-refractivity contribution in [2.24, 2.45) is 0 Å². The largest absolute Gasteiger partial charge is 0.490 e. The van der Waals surface area contributed by atoms with Crippen LogP contribution in [0.3, 0.4) is 0 Å². The van der Waals surface area contributed by atoms with Gasteiger partial charge < -0.3 is 26.0 Å². The maximum absolute atomic E-state index is 13.0. The highest BCUT2D eigenvalue weighted by Crippen LogP contribution is 2.31. The highest BCUT2D eigenvalue weighted by Gasteiger charge is 2.23. The van der Waals surface area contributed by atoms with Crippen molar-refractivity contribution in [2.75, 3.05) is 31.2 Å². The van der Waals surface area contributed by atoms with Crippen LogP contribution in [0.15, 0.2) is 66.7 Å². The standard InChI is InChI=1S/C32H41N3O6S.2ClH/c33-27-7-4-6-26(20-27)30(37)22-34-17-16-23-10-12-24(13-11-23)25-14-15-29(32(38)35-42(39,40)19-5-18-36)31(21-25)41-28-8-2-1-3-9-28;;/h4,6-7,10-15,20-21,28,30,34,36-37H,1-3,5,8-9,16-19,22,33H2,(H,35,38);2*1H/t30-;;/m1../s1. The fourth-order valence-corrected chi connectivity index (χ4v) is 6.07. The molecule has 12 heteroatoms. The summed E-state index contributed by atoms with van der Waals surface area (Å²) in [5.41, 5.74) is 10.3. The zero-order valence-corrected chi connectivity index (χ0v) is 27.1. The maximum atomic E-state index is 13.0. The molecule has 0 unspecified atom stereocenters. The van der Waals surface area contributed by atoms with Gasteiger partial charge >= 0.3 is 0 Å². The first-order valence-corrected chi connectivity index (χ1v) is 16.2. The summed E-state index contributed by atoms with van der Waals surface area (Å²) in [6.07, 6.45) is 5.20. The van der Waals surface area contributed by atoms with E-state index in [1.54, 1.807) is 30.3 Å². The van der Waals surface area contributed by atoms with Crippen LogP contribution in [0, 0.1) is 0 Å². The van der Waals surface area contributed by atoms with Crippen molar-refractivity contribution in [2.45, 2.75) is 57.2 Å². The number of hydrogen-bond donors (Lipinski definition) is 5. The number of ether oxygens (including phenoxy) is 1. The monoisotopic (exact) mass is 667 g/mol. The number of aliphatic hydroxyl groups is 2. The second-order valence-electron chi connectivity index (χ2n) is 10.8. The smallest absolute Gasteiger partial charge is 0.268 e. The third-order valence-corrected chi connectivity index (χ3v) is 8.72. The van der Waals surface area contributed by atoms with Gasteiger partial charge in [0.05, 0.1) is 23.5 Å². The van der Waals surface area contributed by atoms with E-state index in [2.05, 4.69) is 10.0 Å². The number of anilines is 1. The lowest BCUT2D eigenvalue weighted by Crippen LogP contribution is -2.33. The molecule has 242 valence electrons. The number of carbonyl (C=O) groups is 1. The summed E-state index contributed by atoms with van der Waals surface area (Å²) in [6.45, 7) is 0.847. The Hall–Kier alpha value is -2.86. The minimum atomic E-state index is -3.88. The van der Waals surface area contributed by atoms with Crippen molar-refractivity contribution >= 4 is 46.4 Å². The predicted octanol–water partition coefficient (Wildman–Crippen LogP) is 4.80. The number of nitrogens with one attached hydrogen (secondary N) is 2. The molecule has 0 spiro atoms. The van der Waals surface area contributed by atoms with Crippen molar-refractivity contribution in [3.05, 3.63) is 83.4 Å². The zero-order chi connectivity index (χ0) is 30.0. The van der Waals surface area contributed by atoms with E-state index in [4.69, 9.17) is 15.6 Å². The lowest BCUT2D eigenvalue weighted by atomic mass is 9.97. The Morgan fingerprint density at radius 1 is 0.977 bits per heavy atom. The molecule has 0 saturated heterocycles. The summed E-state index contributed by atoms with van der Waals surface area (Å²) in [7, 11) is -3.88. The van der Waals surface area contributed by atoms with Crippen LogP contribution in [0.2, 0.25) is 0 Å². The van der Waals surface area contributed by atoms with E-state index < -0.39 is 22.0 Å². The summed E-state index contributed by atoms with van der Waals surface area (Å²) >= 11 is 0. The number of carbonyl (C=O) groups excluding carboxylic acids is 1. The summed E-state index contributed by atoms with van der Waals surface area (Å²) in [5, 5.41) is 22.6. The lowest BCUT2D eigenvalue weighted by Gasteiger charge is -2.24. The summed E-state index contributed by atoms with van der Waals surface area (Å²) in [6, 6.07) is 20.5. The minimum Gasteiger partial charge on any atom is -0.490 e. The van der Waals surface area contributed by atoms with Crippen LogP contribution in [-0.4, -0.2) is 56.1 Å². The van der Waals surface area contributed by atoms with Crippen LogP contribution in [0.25, 0.3) is 11.1 Å². The van der Waals surface area contributed by atoms with E-state index in [0.717, 1.165) is 60.8 Å². The molecule has 1 aliphatic rings. The van der Waals surface area contributed by atoms with Crippen LogP contribution in [0.1, 0.15) is 66.1 Å². The molecule has 1 saturated carbocycles. The van der Waals surface area contributed by atoms with Gasteiger partial charge in [-0.05, 0) is 91.6 Å². The maximum Gasteiger partial charge on any atom is 0.268 e. The number of rotatable bonds is 14. The van der Waals surface area contributed by atoms with Crippen molar-refractivity contribution in [3.8, 4) is 16.9 Å². The van der Waals surface area contributed by atoms with Gasteiger partial charge in [-0.25, -0.2) is 13.1 Å². The molecule has 0 aromatic heterocycles. The molecule has 1 fully saturated rings. The number of nitrogen functional groups attached to an aromatic ring is 1. The molecule has 44 heavy (non-hydrogen) atoms. The van der Waals surface area contributed by atoms with Gasteiger partial charge in [-0.1, -0.05) is 48.9 Å². The van der Waals surface area contributed by atoms with Gasteiger partial charge in [-0.2, -0.15) is 0 Å². The van der Waals surface area contributed by atoms with Crippen LogP contribution in [0.5, 0.6) is 5.75 Å². The molecular formula is C32H43Cl2N3O6S. The van der Waals surface area contributed by atoms with Gasteiger partial charge in [0.1, 0.15) is 5.75 Å². The molecule has 1 aliphatic carbocycles. The molecule has 1 atom stereocenters. The Morgan fingerprint density at radius 2 is 1.68 bits per heavy atom. The zero-order valence-electron chi connectivity index (χ0n) is 24.6. The Labute approximate surface area is 272 Å². The van der Waals surface area contributed by atoms with Crippen LogP contribution in [0.4, 0.5) is 5.69 Å². The van der Waals surface area contributed by atoms with Gasteiger partial charge in [0.15, 0.2) is 0 Å². The Kier molecular flexibility index (Phi) is 15.4. The average Bonchev–Trinajstić information content (AvgIpc) is 2.99. The summed E-state index contributed by atoms with van der Waals surface area (Å²) in [4.78, 5) is 13.0. The first-order chi connectivity index (χ1) is 20.2. The highest BCUT2D eigenvalue weighted by atomic mass is 35.5. The van der Waals surface area contributed by atoms with Gasteiger partial charge in [-0.15, -0.1) is 24.8 Å². The predicted molar refractivity (Wildman–Crippen MR) is 179 cm³/mol. The van der Waals surface area contributed by atoms with E-state index in [1.807, 2.05) is 36.4 Å². The van der Waals surface area contributed by atoms with Crippen LogP contribution in [-0.2, 0) is 16.4 Å². The van der Waals surface area contributed by atoms with E-state index in [-0.39, 0.29) is 55.3 Å².